The van der Waals surface area contributed by atoms with Crippen molar-refractivity contribution >= 4 is 18.4 Å². The summed E-state index contributed by atoms with van der Waals surface area (Å²) in [4.78, 5) is 3.98. The first kappa shape index (κ1) is 18.6. The summed E-state index contributed by atoms with van der Waals surface area (Å²) in [6.45, 7) is 2.16. The molecule has 2 heterocycles. The lowest BCUT2D eigenvalue weighted by Gasteiger charge is -2.28. The summed E-state index contributed by atoms with van der Waals surface area (Å²) in [5.74, 6) is -0.528. The van der Waals surface area contributed by atoms with Gasteiger partial charge in [-0.25, -0.2) is 13.8 Å². The Morgan fingerprint density at radius 3 is 1.78 bits per heavy atom. The van der Waals surface area contributed by atoms with Crippen LogP contribution in [-0.4, -0.2) is 38.2 Å². The molecule has 0 unspecified atom stereocenters. The van der Waals surface area contributed by atoms with Gasteiger partial charge in [0.2, 0.25) is 0 Å². The first-order valence-corrected chi connectivity index (χ1v) is 10.9. The maximum absolute atomic E-state index is 13.2. The fourth-order valence-electron chi connectivity index (χ4n) is 2.79. The van der Waals surface area contributed by atoms with E-state index in [-0.39, 0.29) is 11.6 Å². The molecule has 2 aromatic carbocycles. The Bertz CT molecular complexity index is 862. The second kappa shape index (κ2) is 8.45. The van der Waals surface area contributed by atoms with Gasteiger partial charge in [0.25, 0.3) is 0 Å². The number of benzene rings is 2. The zero-order valence-corrected chi connectivity index (χ0v) is 15.6. The highest BCUT2D eigenvalue weighted by Crippen LogP contribution is 2.10. The van der Waals surface area contributed by atoms with Crippen LogP contribution in [0.15, 0.2) is 73.6 Å². The van der Waals surface area contributed by atoms with Gasteiger partial charge in [0.05, 0.1) is 12.4 Å². The van der Waals surface area contributed by atoms with E-state index in [9.17, 15) is 8.78 Å². The Labute approximate surface area is 155 Å². The molecule has 0 aliphatic carbocycles. The molecule has 2 aromatic heterocycles. The van der Waals surface area contributed by atoms with Crippen molar-refractivity contribution in [3.63, 3.8) is 0 Å². The molecule has 138 valence electrons. The van der Waals surface area contributed by atoms with Gasteiger partial charge in [-0.1, -0.05) is 41.2 Å². The molecular weight excluding hydrogens is 366 g/mol. The van der Waals surface area contributed by atoms with Gasteiger partial charge in [-0.3, -0.25) is 4.68 Å². The SMILES string of the molecule is C[Si](Cn1cncn1)(c1ccc(F)cc1)c1ccc(F)cc1.c1cn[nH]n1. The molecule has 0 spiro atoms. The van der Waals surface area contributed by atoms with E-state index in [2.05, 4.69) is 32.0 Å². The van der Waals surface area contributed by atoms with Gasteiger partial charge in [0.15, 0.2) is 0 Å². The molecule has 6 nitrogen and oxygen atoms in total. The monoisotopic (exact) mass is 384 g/mol. The van der Waals surface area contributed by atoms with Crippen LogP contribution in [0.25, 0.3) is 0 Å². The molecule has 0 amide bonds. The number of nitrogens with one attached hydrogen (secondary N) is 1. The van der Waals surface area contributed by atoms with Crippen molar-refractivity contribution in [1.82, 2.24) is 30.2 Å². The van der Waals surface area contributed by atoms with E-state index in [0.29, 0.717) is 6.17 Å². The molecule has 0 aliphatic heterocycles. The number of aromatic nitrogens is 6. The molecular formula is C18H18F2N6Si. The van der Waals surface area contributed by atoms with Crippen LogP contribution in [0.1, 0.15) is 0 Å². The van der Waals surface area contributed by atoms with Gasteiger partial charge in [-0.15, -0.1) is 0 Å². The summed E-state index contributed by atoms with van der Waals surface area (Å²) in [7, 11) is -2.22. The van der Waals surface area contributed by atoms with E-state index in [4.69, 9.17) is 0 Å². The van der Waals surface area contributed by atoms with Crippen LogP contribution in [0, 0.1) is 11.6 Å². The molecule has 1 N–H and O–H groups in total. The van der Waals surface area contributed by atoms with Crippen molar-refractivity contribution < 1.29 is 8.78 Å². The molecule has 0 radical (unpaired) electrons. The van der Waals surface area contributed by atoms with Crippen LogP contribution in [0.3, 0.4) is 0 Å². The number of rotatable bonds is 4. The minimum atomic E-state index is -2.22. The van der Waals surface area contributed by atoms with Crippen molar-refractivity contribution in [3.05, 3.63) is 85.2 Å². The fourth-order valence-corrected chi connectivity index (χ4v) is 6.10. The summed E-state index contributed by atoms with van der Waals surface area (Å²) in [5, 5.41) is 15.6. The van der Waals surface area contributed by atoms with Crippen molar-refractivity contribution in [2.24, 2.45) is 0 Å². The average molecular weight is 384 g/mol. The lowest BCUT2D eigenvalue weighted by Crippen LogP contribution is -2.59. The van der Waals surface area contributed by atoms with Gasteiger partial charge in [0.1, 0.15) is 32.4 Å². The number of aromatic amines is 1. The van der Waals surface area contributed by atoms with Gasteiger partial charge in [0, 0.05) is 6.17 Å². The van der Waals surface area contributed by atoms with Crippen LogP contribution in [0.2, 0.25) is 6.55 Å². The highest BCUT2D eigenvalue weighted by Gasteiger charge is 2.33. The largest absolute Gasteiger partial charge is 0.255 e. The third kappa shape index (κ3) is 4.70. The van der Waals surface area contributed by atoms with E-state index in [1.807, 2.05) is 24.3 Å². The first-order chi connectivity index (χ1) is 13.1. The maximum Gasteiger partial charge on any atom is 0.137 e. The number of hydrogen-bond donors (Lipinski definition) is 1. The predicted octanol–water partition coefficient (Wildman–Crippen LogP) is 1.79. The van der Waals surface area contributed by atoms with E-state index in [1.165, 1.54) is 30.6 Å². The summed E-state index contributed by atoms with van der Waals surface area (Å²) in [6.07, 6.45) is 6.98. The molecule has 4 rings (SSSR count). The lowest BCUT2D eigenvalue weighted by atomic mass is 10.3. The smallest absolute Gasteiger partial charge is 0.137 e. The van der Waals surface area contributed by atoms with Gasteiger partial charge >= 0.3 is 0 Å². The topological polar surface area (TPSA) is 72.3 Å². The Kier molecular flexibility index (Phi) is 5.82. The summed E-state index contributed by atoms with van der Waals surface area (Å²) in [5.41, 5.74) is 0. The van der Waals surface area contributed by atoms with E-state index >= 15 is 0 Å². The maximum atomic E-state index is 13.2. The van der Waals surface area contributed by atoms with Crippen LogP contribution >= 0.6 is 0 Å². The minimum absolute atomic E-state index is 0.264. The quantitative estimate of drug-likeness (QED) is 0.545. The van der Waals surface area contributed by atoms with E-state index in [0.717, 1.165) is 10.4 Å². The number of hydrogen-bond acceptors (Lipinski definition) is 4. The predicted molar refractivity (Wildman–Crippen MR) is 100 cm³/mol. The van der Waals surface area contributed by atoms with Gasteiger partial charge in [-0.2, -0.15) is 20.5 Å². The lowest BCUT2D eigenvalue weighted by molar-refractivity contribution is 0.628. The molecule has 0 atom stereocenters. The normalized spacial score (nSPS) is 10.9. The molecule has 0 saturated heterocycles. The van der Waals surface area contributed by atoms with Crippen molar-refractivity contribution in [3.8, 4) is 0 Å². The summed E-state index contributed by atoms with van der Waals surface area (Å²) >= 11 is 0. The third-order valence-corrected chi connectivity index (χ3v) is 8.41. The second-order valence-electron chi connectivity index (χ2n) is 6.10. The average Bonchev–Trinajstić information content (AvgIpc) is 3.39. The second-order valence-corrected chi connectivity index (χ2v) is 10.2. The van der Waals surface area contributed by atoms with Crippen molar-refractivity contribution in [2.45, 2.75) is 12.7 Å². The number of halogens is 2. The van der Waals surface area contributed by atoms with Crippen molar-refractivity contribution in [2.75, 3.05) is 0 Å². The molecule has 27 heavy (non-hydrogen) atoms. The summed E-state index contributed by atoms with van der Waals surface area (Å²) < 4.78 is 28.3. The zero-order valence-electron chi connectivity index (χ0n) is 14.6. The Balaban J connectivity index is 0.000000364. The third-order valence-electron chi connectivity index (χ3n) is 4.24. The Hall–Kier alpha value is -3.20. The number of H-pyrrole nitrogens is 1. The molecule has 0 aliphatic rings. The molecule has 4 aromatic rings. The summed E-state index contributed by atoms with van der Waals surface area (Å²) in [6, 6.07) is 13.1. The highest BCUT2D eigenvalue weighted by atomic mass is 28.3. The van der Waals surface area contributed by atoms with Crippen molar-refractivity contribution in [1.29, 1.82) is 0 Å². The minimum Gasteiger partial charge on any atom is -0.255 e. The van der Waals surface area contributed by atoms with Crippen LogP contribution in [-0.2, 0) is 6.17 Å². The first-order valence-electron chi connectivity index (χ1n) is 8.22. The van der Waals surface area contributed by atoms with Crippen LogP contribution in [0.5, 0.6) is 0 Å². The van der Waals surface area contributed by atoms with Crippen LogP contribution in [0.4, 0.5) is 8.78 Å². The van der Waals surface area contributed by atoms with E-state index in [1.54, 1.807) is 23.4 Å². The molecule has 0 bridgehead atoms. The van der Waals surface area contributed by atoms with Gasteiger partial charge < -0.3 is 0 Å². The van der Waals surface area contributed by atoms with E-state index < -0.39 is 8.07 Å². The highest BCUT2D eigenvalue weighted by molar-refractivity contribution is 7.00. The standard InChI is InChI=1S/C16H15F2N3Si.C2H3N3/c1-22(12-21-11-19-10-20-21,15-6-2-13(17)3-7-15)16-8-4-14(18)5-9-16;1-2-4-5-3-1/h2-11H,12H2,1H3;1-2H,(H,3,4,5). The fraction of sp³-hybridized carbons (Fsp3) is 0.111. The Morgan fingerprint density at radius 1 is 0.889 bits per heavy atom. The van der Waals surface area contributed by atoms with Crippen LogP contribution < -0.4 is 10.4 Å². The molecule has 0 saturated carbocycles. The molecule has 0 fully saturated rings. The Morgan fingerprint density at radius 2 is 1.41 bits per heavy atom. The molecule has 9 heteroatoms. The van der Waals surface area contributed by atoms with Gasteiger partial charge in [-0.05, 0) is 24.3 Å². The number of nitrogens with zero attached hydrogens (tertiary/aromatic N) is 5. The zero-order chi connectivity index (χ0) is 19.1.